The van der Waals surface area contributed by atoms with Crippen LogP contribution in [0.4, 0.5) is 0 Å². The van der Waals surface area contributed by atoms with Crippen LogP contribution in [0.3, 0.4) is 0 Å². The van der Waals surface area contributed by atoms with Crippen LogP contribution in [0.2, 0.25) is 0 Å². The molecule has 132 valence electrons. The molecule has 24 heavy (non-hydrogen) atoms. The van der Waals surface area contributed by atoms with E-state index in [0.29, 0.717) is 36.1 Å². The Bertz CT molecular complexity index is 570. The Morgan fingerprint density at radius 3 is 2.38 bits per heavy atom. The zero-order valence-electron chi connectivity index (χ0n) is 14.4. The van der Waals surface area contributed by atoms with Crippen molar-refractivity contribution in [3.63, 3.8) is 0 Å². The lowest BCUT2D eigenvalue weighted by Crippen LogP contribution is -2.26. The molecule has 6 nitrogen and oxygen atoms in total. The molecule has 1 atom stereocenters. The molecule has 0 heterocycles. The number of ether oxygens (including phenoxy) is 3. The smallest absolute Gasteiger partial charge is 0.244 e. The predicted octanol–water partition coefficient (Wildman–Crippen LogP) is 2.00. The van der Waals surface area contributed by atoms with Crippen molar-refractivity contribution < 1.29 is 24.1 Å². The van der Waals surface area contributed by atoms with Crippen molar-refractivity contribution >= 4 is 12.0 Å². The van der Waals surface area contributed by atoms with Gasteiger partial charge >= 0.3 is 0 Å². The molecular formula is C18H25NO5. The number of nitrogens with one attached hydrogen (secondary N) is 1. The maximum absolute atomic E-state index is 11.8. The maximum Gasteiger partial charge on any atom is 0.244 e. The van der Waals surface area contributed by atoms with Gasteiger partial charge in [0.15, 0.2) is 11.5 Å². The molecule has 0 aromatic heterocycles. The summed E-state index contributed by atoms with van der Waals surface area (Å²) in [5, 5.41) is 12.5. The van der Waals surface area contributed by atoms with Crippen molar-refractivity contribution in [2.24, 2.45) is 5.92 Å². The molecule has 1 unspecified atom stereocenters. The number of hydrogen-bond acceptors (Lipinski definition) is 5. The molecule has 1 amide bonds. The Morgan fingerprint density at radius 2 is 1.88 bits per heavy atom. The van der Waals surface area contributed by atoms with Gasteiger partial charge in [-0.2, -0.15) is 0 Å². The van der Waals surface area contributed by atoms with Gasteiger partial charge in [-0.05, 0) is 49.0 Å². The monoisotopic (exact) mass is 335 g/mol. The molecule has 1 saturated carbocycles. The van der Waals surface area contributed by atoms with Crippen LogP contribution < -0.4 is 19.5 Å². The van der Waals surface area contributed by atoms with E-state index in [1.165, 1.54) is 6.08 Å². The number of carbonyl (C=O) groups excluding carboxylic acids is 1. The molecule has 0 radical (unpaired) electrons. The van der Waals surface area contributed by atoms with Crippen LogP contribution >= 0.6 is 0 Å². The van der Waals surface area contributed by atoms with E-state index in [-0.39, 0.29) is 12.0 Å². The fourth-order valence-electron chi connectivity index (χ4n) is 2.49. The lowest BCUT2D eigenvalue weighted by molar-refractivity contribution is -0.116. The first-order valence-corrected chi connectivity index (χ1v) is 8.03. The van der Waals surface area contributed by atoms with E-state index >= 15 is 0 Å². The van der Waals surface area contributed by atoms with E-state index in [4.69, 9.17) is 14.2 Å². The summed E-state index contributed by atoms with van der Waals surface area (Å²) in [5.41, 5.74) is 0.762. The summed E-state index contributed by atoms with van der Waals surface area (Å²) in [7, 11) is 4.63. The zero-order chi connectivity index (χ0) is 17.5. The van der Waals surface area contributed by atoms with E-state index < -0.39 is 0 Å². The van der Waals surface area contributed by atoms with Crippen molar-refractivity contribution in [1.29, 1.82) is 0 Å². The third kappa shape index (κ3) is 4.89. The molecule has 2 rings (SSSR count). The lowest BCUT2D eigenvalue weighted by Gasteiger charge is -2.12. The number of benzene rings is 1. The summed E-state index contributed by atoms with van der Waals surface area (Å²) >= 11 is 0. The predicted molar refractivity (Wildman–Crippen MR) is 91.5 cm³/mol. The first kappa shape index (κ1) is 18.1. The number of aliphatic hydroxyl groups excluding tert-OH is 1. The van der Waals surface area contributed by atoms with Crippen LogP contribution in [-0.4, -0.2) is 45.0 Å². The zero-order valence-corrected chi connectivity index (χ0v) is 14.4. The van der Waals surface area contributed by atoms with E-state index in [2.05, 4.69) is 5.32 Å². The molecule has 1 aromatic rings. The van der Waals surface area contributed by atoms with Crippen LogP contribution in [0.5, 0.6) is 17.2 Å². The van der Waals surface area contributed by atoms with Gasteiger partial charge in [0.2, 0.25) is 11.7 Å². The highest BCUT2D eigenvalue weighted by Gasteiger charge is 2.29. The molecule has 0 aliphatic heterocycles. The highest BCUT2D eigenvalue weighted by Crippen LogP contribution is 2.38. The first-order chi connectivity index (χ1) is 11.6. The Kier molecular flexibility index (Phi) is 6.49. The van der Waals surface area contributed by atoms with E-state index in [9.17, 15) is 9.90 Å². The van der Waals surface area contributed by atoms with Gasteiger partial charge in [0, 0.05) is 12.6 Å². The molecule has 2 N–H and O–H groups in total. The summed E-state index contributed by atoms with van der Waals surface area (Å²) in [6.45, 7) is 0.468. The molecule has 1 aliphatic rings. The lowest BCUT2D eigenvalue weighted by atomic mass is 10.1. The minimum absolute atomic E-state index is 0.202. The first-order valence-electron chi connectivity index (χ1n) is 8.03. The van der Waals surface area contributed by atoms with Crippen molar-refractivity contribution in [3.8, 4) is 17.2 Å². The Hall–Kier alpha value is -2.21. The average Bonchev–Trinajstić information content (AvgIpc) is 3.43. The standard InChI is InChI=1S/C18H25NO5/c1-22-15-10-12(11-16(23-2)18(15)24-3)4-7-17(21)19-9-8-14(20)13-5-6-13/h4,7,10-11,13-14,20H,5-6,8-9H2,1-3H3,(H,19,21). The van der Waals surface area contributed by atoms with Crippen LogP contribution in [0.15, 0.2) is 18.2 Å². The van der Waals surface area contributed by atoms with Crippen LogP contribution in [0.1, 0.15) is 24.8 Å². The number of hydrogen-bond donors (Lipinski definition) is 2. The number of amides is 1. The van der Waals surface area contributed by atoms with Gasteiger partial charge in [-0.1, -0.05) is 0 Å². The topological polar surface area (TPSA) is 77.0 Å². The molecule has 1 fully saturated rings. The number of methoxy groups -OCH3 is 3. The molecule has 6 heteroatoms. The molecule has 1 aromatic carbocycles. The summed E-state index contributed by atoms with van der Waals surface area (Å²) in [6, 6.07) is 3.53. The number of aliphatic hydroxyl groups is 1. The third-order valence-electron chi connectivity index (χ3n) is 4.02. The van der Waals surface area contributed by atoms with Crippen molar-refractivity contribution in [2.75, 3.05) is 27.9 Å². The van der Waals surface area contributed by atoms with Crippen LogP contribution in [0.25, 0.3) is 6.08 Å². The van der Waals surface area contributed by atoms with Crippen molar-refractivity contribution in [3.05, 3.63) is 23.8 Å². The third-order valence-corrected chi connectivity index (χ3v) is 4.02. The Balaban J connectivity index is 1.93. The van der Waals surface area contributed by atoms with Gasteiger partial charge in [0.1, 0.15) is 0 Å². The summed E-state index contributed by atoms with van der Waals surface area (Å²) in [6.07, 6.45) is 5.60. The van der Waals surface area contributed by atoms with Gasteiger partial charge in [0.25, 0.3) is 0 Å². The second-order valence-electron chi connectivity index (χ2n) is 5.78. The van der Waals surface area contributed by atoms with E-state index in [0.717, 1.165) is 18.4 Å². The van der Waals surface area contributed by atoms with E-state index in [1.54, 1.807) is 39.5 Å². The average molecular weight is 335 g/mol. The maximum atomic E-state index is 11.8. The fraction of sp³-hybridized carbons (Fsp3) is 0.500. The molecule has 0 spiro atoms. The molecule has 0 saturated heterocycles. The highest BCUT2D eigenvalue weighted by molar-refractivity contribution is 5.91. The van der Waals surface area contributed by atoms with E-state index in [1.807, 2.05) is 0 Å². The summed E-state index contributed by atoms with van der Waals surface area (Å²) < 4.78 is 15.8. The summed E-state index contributed by atoms with van der Waals surface area (Å²) in [5.74, 6) is 1.80. The second kappa shape index (κ2) is 8.59. The van der Waals surface area contributed by atoms with Crippen LogP contribution in [-0.2, 0) is 4.79 Å². The minimum Gasteiger partial charge on any atom is -0.493 e. The quantitative estimate of drug-likeness (QED) is 0.675. The van der Waals surface area contributed by atoms with Gasteiger partial charge in [-0.15, -0.1) is 0 Å². The van der Waals surface area contributed by atoms with Crippen molar-refractivity contribution in [2.45, 2.75) is 25.4 Å². The van der Waals surface area contributed by atoms with Gasteiger partial charge in [0.05, 0.1) is 27.4 Å². The molecule has 1 aliphatic carbocycles. The molecule has 0 bridgehead atoms. The Labute approximate surface area is 142 Å². The largest absolute Gasteiger partial charge is 0.493 e. The van der Waals surface area contributed by atoms with Gasteiger partial charge < -0.3 is 24.6 Å². The van der Waals surface area contributed by atoms with Gasteiger partial charge in [-0.25, -0.2) is 0 Å². The highest BCUT2D eigenvalue weighted by atomic mass is 16.5. The Morgan fingerprint density at radius 1 is 1.25 bits per heavy atom. The second-order valence-corrected chi connectivity index (χ2v) is 5.78. The summed E-state index contributed by atoms with van der Waals surface area (Å²) in [4.78, 5) is 11.8. The van der Waals surface area contributed by atoms with Gasteiger partial charge in [-0.3, -0.25) is 4.79 Å². The fourth-order valence-corrected chi connectivity index (χ4v) is 2.49. The molecular weight excluding hydrogens is 310 g/mol. The number of carbonyl (C=O) groups is 1. The number of rotatable bonds is 9. The van der Waals surface area contributed by atoms with Crippen LogP contribution in [0, 0.1) is 5.92 Å². The normalized spacial score (nSPS) is 15.2. The minimum atomic E-state index is -0.301. The van der Waals surface area contributed by atoms with Crippen molar-refractivity contribution in [1.82, 2.24) is 5.32 Å². The SMILES string of the molecule is COc1cc(C=CC(=O)NCCC(O)C2CC2)cc(OC)c1OC.